The topological polar surface area (TPSA) is 42.1 Å². The Hall–Kier alpha value is -0.390. The third-order valence-corrected chi connectivity index (χ3v) is 2.91. The van der Waals surface area contributed by atoms with Crippen LogP contribution in [0.3, 0.4) is 0 Å². The third-order valence-electron chi connectivity index (χ3n) is 1.90. The van der Waals surface area contributed by atoms with E-state index in [-0.39, 0.29) is 28.9 Å². The van der Waals surface area contributed by atoms with E-state index in [1.807, 2.05) is 12.5 Å². The molecule has 0 spiro atoms. The summed E-state index contributed by atoms with van der Waals surface area (Å²) in [5, 5.41) is 0.538. The molecule has 0 aromatic carbocycles. The van der Waals surface area contributed by atoms with Crippen LogP contribution in [0.15, 0.2) is 0 Å². The summed E-state index contributed by atoms with van der Waals surface area (Å²) < 4.78 is 10.4. The predicted molar refractivity (Wildman–Crippen MR) is 47.0 cm³/mol. The van der Waals surface area contributed by atoms with E-state index in [1.54, 1.807) is 11.9 Å². The fourth-order valence-corrected chi connectivity index (χ4v) is 1.92. The van der Waals surface area contributed by atoms with Gasteiger partial charge in [0.05, 0.1) is 0 Å². The van der Waals surface area contributed by atoms with E-state index in [9.17, 15) is 4.79 Å². The monoisotopic (exact) mass is 189 g/mol. The van der Waals surface area contributed by atoms with Gasteiger partial charge in [-0.05, 0) is 12.5 Å². The number of likely N-dealkylation sites (N-methyl/N-ethyl adjacent to an activating group) is 1. The van der Waals surface area contributed by atoms with Crippen LogP contribution in [0.1, 0.15) is 0 Å². The summed E-state index contributed by atoms with van der Waals surface area (Å²) in [7, 11) is 1.61. The number of hydrogen-bond acceptors (Lipinski definition) is 3. The number of carbonyl (C=O) groups is 1. The van der Waals surface area contributed by atoms with Crippen molar-refractivity contribution < 1.29 is 14.3 Å². The quantitative estimate of drug-likeness (QED) is 0.392. The van der Waals surface area contributed by atoms with Gasteiger partial charge in [0.2, 0.25) is 6.29 Å². The second kappa shape index (κ2) is 2.55. The van der Waals surface area contributed by atoms with E-state index >= 15 is 0 Å². The largest absolute Gasteiger partial charge is 0.319 e. The molecule has 0 aromatic heterocycles. The molecule has 2 heterocycles. The summed E-state index contributed by atoms with van der Waals surface area (Å²) in [5.41, 5.74) is 0. The standard InChI is InChI=1S/C7H11NO3S/c1-8-4(9)7(12(2)3)11-6-5(8)10-6/h5-6H,1-3H3. The van der Waals surface area contributed by atoms with Crippen LogP contribution in [-0.2, 0) is 14.3 Å². The van der Waals surface area contributed by atoms with Gasteiger partial charge in [-0.1, -0.05) is 0 Å². The highest BCUT2D eigenvalue weighted by Gasteiger charge is 2.52. The van der Waals surface area contributed by atoms with Crippen LogP contribution in [-0.4, -0.2) is 47.9 Å². The van der Waals surface area contributed by atoms with Gasteiger partial charge >= 0.3 is 0 Å². The maximum absolute atomic E-state index is 11.5. The number of rotatable bonds is 0. The Morgan fingerprint density at radius 2 is 2.17 bits per heavy atom. The number of hydrogen-bond donors (Lipinski definition) is 0. The first-order valence-electron chi connectivity index (χ1n) is 3.65. The number of epoxide rings is 1. The molecule has 0 bridgehead atoms. The predicted octanol–water partition coefficient (Wildman–Crippen LogP) is -0.184. The molecule has 2 unspecified atom stereocenters. The van der Waals surface area contributed by atoms with Gasteiger partial charge in [-0.2, -0.15) is 10.5 Å². The van der Waals surface area contributed by atoms with Crippen LogP contribution >= 0.6 is 10.5 Å². The van der Waals surface area contributed by atoms with Crippen molar-refractivity contribution in [3.63, 3.8) is 0 Å². The van der Waals surface area contributed by atoms with Crippen LogP contribution in [0, 0.1) is 0 Å². The molecule has 0 aromatic rings. The van der Waals surface area contributed by atoms with Crippen LogP contribution in [0.5, 0.6) is 0 Å². The van der Waals surface area contributed by atoms with Gasteiger partial charge in [0, 0.05) is 7.05 Å². The lowest BCUT2D eigenvalue weighted by Crippen LogP contribution is -2.42. The number of carbonyl (C=O) groups excluding carboxylic acids is 1. The van der Waals surface area contributed by atoms with Gasteiger partial charge in [-0.25, -0.2) is 0 Å². The summed E-state index contributed by atoms with van der Waals surface area (Å²) in [6, 6.07) is 0. The minimum atomic E-state index is -0.197. The van der Waals surface area contributed by atoms with Crippen LogP contribution in [0.2, 0.25) is 0 Å². The average molecular weight is 189 g/mol. The van der Waals surface area contributed by atoms with E-state index < -0.39 is 0 Å². The molecule has 68 valence electrons. The Morgan fingerprint density at radius 1 is 1.50 bits per heavy atom. The lowest BCUT2D eigenvalue weighted by Gasteiger charge is -2.21. The molecule has 0 aliphatic carbocycles. The number of ether oxygens (including phenoxy) is 2. The van der Waals surface area contributed by atoms with Crippen molar-refractivity contribution in [1.29, 1.82) is 0 Å². The van der Waals surface area contributed by atoms with Gasteiger partial charge in [-0.3, -0.25) is 9.53 Å². The molecule has 12 heavy (non-hydrogen) atoms. The van der Waals surface area contributed by atoms with Crippen LogP contribution in [0.4, 0.5) is 0 Å². The summed E-state index contributed by atoms with van der Waals surface area (Å²) in [5.74, 6) is -0.0397. The van der Waals surface area contributed by atoms with Gasteiger partial charge < -0.3 is 9.64 Å². The Kier molecular flexibility index (Phi) is 1.75. The average Bonchev–Trinajstić information content (AvgIpc) is 2.75. The van der Waals surface area contributed by atoms with E-state index in [1.165, 1.54) is 0 Å². The lowest BCUT2D eigenvalue weighted by molar-refractivity contribution is -0.127. The van der Waals surface area contributed by atoms with Crippen LogP contribution < -0.4 is 0 Å². The number of morpholine rings is 1. The van der Waals surface area contributed by atoms with Gasteiger partial charge in [0.15, 0.2) is 11.3 Å². The molecule has 2 saturated heterocycles. The van der Waals surface area contributed by atoms with Crippen molar-refractivity contribution in [3.05, 3.63) is 0 Å². The lowest BCUT2D eigenvalue weighted by atomic mass is 10.4. The van der Waals surface area contributed by atoms with E-state index in [4.69, 9.17) is 9.47 Å². The van der Waals surface area contributed by atoms with Crippen molar-refractivity contribution >= 4 is 21.4 Å². The first-order valence-corrected chi connectivity index (χ1v) is 5.69. The Morgan fingerprint density at radius 3 is 2.75 bits per heavy atom. The van der Waals surface area contributed by atoms with Gasteiger partial charge in [-0.15, -0.1) is 0 Å². The zero-order valence-corrected chi connectivity index (χ0v) is 8.05. The second-order valence-corrected chi connectivity index (χ2v) is 5.04. The Bertz CT molecular complexity index is 272. The number of nitrogens with zero attached hydrogens (tertiary/aromatic N) is 1. The second-order valence-electron chi connectivity index (χ2n) is 3.03. The molecular weight excluding hydrogens is 178 g/mol. The molecule has 2 fully saturated rings. The Labute approximate surface area is 73.4 Å². The molecular formula is C7H11NO3S. The van der Waals surface area contributed by atoms with Gasteiger partial charge in [0.25, 0.3) is 5.91 Å². The Balaban J connectivity index is 2.28. The summed E-state index contributed by atoms with van der Waals surface area (Å²) in [6.45, 7) is 0. The summed E-state index contributed by atoms with van der Waals surface area (Å²) in [4.78, 5) is 13.1. The molecule has 2 aliphatic rings. The minimum Gasteiger partial charge on any atom is -0.319 e. The maximum atomic E-state index is 11.5. The van der Waals surface area contributed by atoms with Crippen molar-refractivity contribution in [1.82, 2.24) is 4.90 Å². The first kappa shape index (κ1) is 8.22. The van der Waals surface area contributed by atoms with E-state index in [0.717, 1.165) is 0 Å². The van der Waals surface area contributed by atoms with Crippen molar-refractivity contribution in [3.8, 4) is 0 Å². The highest BCUT2D eigenvalue weighted by Crippen LogP contribution is 2.32. The summed E-state index contributed by atoms with van der Waals surface area (Å²) >= 11 is 0. The number of amides is 1. The fourth-order valence-electron chi connectivity index (χ4n) is 1.14. The molecule has 0 saturated carbocycles. The smallest absolute Gasteiger partial charge is 0.284 e. The number of fused-ring (bicyclic) bond motifs is 1. The minimum absolute atomic E-state index is 0.0397. The normalized spacial score (nSPS) is 34.2. The molecule has 1 amide bonds. The molecule has 2 rings (SSSR count). The molecule has 5 heteroatoms. The molecule has 0 N–H and O–H groups in total. The van der Waals surface area contributed by atoms with Crippen molar-refractivity contribution in [2.24, 2.45) is 0 Å². The molecule has 4 nitrogen and oxygen atoms in total. The molecule has 0 radical (unpaired) electrons. The van der Waals surface area contributed by atoms with E-state index in [2.05, 4.69) is 0 Å². The summed E-state index contributed by atoms with van der Waals surface area (Å²) in [6.07, 6.45) is 3.59. The van der Waals surface area contributed by atoms with Crippen molar-refractivity contribution in [2.45, 2.75) is 12.5 Å². The third kappa shape index (κ3) is 1.09. The molecule has 2 aliphatic heterocycles. The van der Waals surface area contributed by atoms with Gasteiger partial charge in [0.1, 0.15) is 0 Å². The maximum Gasteiger partial charge on any atom is 0.284 e. The fraction of sp³-hybridized carbons (Fsp3) is 0.714. The SMILES string of the molecule is CN1C(=O)C(=S(C)C)OC2OC21. The molecule has 2 atom stereocenters. The van der Waals surface area contributed by atoms with E-state index in [0.29, 0.717) is 5.05 Å². The highest BCUT2D eigenvalue weighted by molar-refractivity contribution is 8.15. The van der Waals surface area contributed by atoms with Crippen molar-refractivity contribution in [2.75, 3.05) is 19.6 Å². The zero-order valence-electron chi connectivity index (χ0n) is 7.23. The first-order chi connectivity index (χ1) is 5.61. The van der Waals surface area contributed by atoms with Crippen LogP contribution in [0.25, 0.3) is 0 Å². The highest BCUT2D eigenvalue weighted by atomic mass is 32.2. The zero-order chi connectivity index (χ0) is 8.88.